The van der Waals surface area contributed by atoms with Crippen LogP contribution >= 0.6 is 11.8 Å². The smallest absolute Gasteiger partial charge is 0.240 e. The van der Waals surface area contributed by atoms with E-state index in [9.17, 15) is 4.79 Å². The van der Waals surface area contributed by atoms with Gasteiger partial charge >= 0.3 is 0 Å². The van der Waals surface area contributed by atoms with Gasteiger partial charge in [0.25, 0.3) is 0 Å². The Morgan fingerprint density at radius 2 is 1.66 bits per heavy atom. The van der Waals surface area contributed by atoms with Crippen LogP contribution in [0.15, 0.2) is 90.1 Å². The first kappa shape index (κ1) is 21.6. The molecule has 32 heavy (non-hydrogen) atoms. The molecule has 1 amide bonds. The molecule has 0 aliphatic carbocycles. The van der Waals surface area contributed by atoms with Gasteiger partial charge in [0.1, 0.15) is 5.75 Å². The fourth-order valence-corrected chi connectivity index (χ4v) is 4.33. The molecule has 0 N–H and O–H groups in total. The van der Waals surface area contributed by atoms with E-state index in [4.69, 9.17) is 4.74 Å². The number of benzene rings is 3. The number of carbonyl (C=O) groups excluding carboxylic acids is 1. The number of thioether (sulfide) groups is 1. The minimum absolute atomic E-state index is 0.00765. The van der Waals surface area contributed by atoms with E-state index in [2.05, 4.69) is 10.2 Å². The molecule has 7 heteroatoms. The second kappa shape index (κ2) is 9.70. The Morgan fingerprint density at radius 1 is 0.969 bits per heavy atom. The Morgan fingerprint density at radius 3 is 2.34 bits per heavy atom. The lowest BCUT2D eigenvalue weighted by molar-refractivity contribution is -0.117. The number of amides is 1. The molecule has 1 unspecified atom stereocenters. The van der Waals surface area contributed by atoms with Crippen molar-refractivity contribution >= 4 is 23.4 Å². The summed E-state index contributed by atoms with van der Waals surface area (Å²) < 4.78 is 7.36. The molecule has 3 aromatic carbocycles. The summed E-state index contributed by atoms with van der Waals surface area (Å²) in [5.74, 6) is 1.42. The summed E-state index contributed by atoms with van der Waals surface area (Å²) in [4.78, 5) is 14.8. The standard InChI is InChI=1S/C25H24N4O2S/c1-18(24(30)28(2)20-12-6-4-7-13-20)32-25-27-26-23(19-11-10-16-22(17-19)31-3)29(25)21-14-8-5-9-15-21/h4-18H,1-3H3. The van der Waals surface area contributed by atoms with Crippen LogP contribution in [-0.2, 0) is 4.79 Å². The van der Waals surface area contributed by atoms with Crippen molar-refractivity contribution in [3.8, 4) is 22.8 Å². The second-order valence-corrected chi connectivity index (χ2v) is 8.51. The van der Waals surface area contributed by atoms with E-state index in [0.29, 0.717) is 11.0 Å². The summed E-state index contributed by atoms with van der Waals surface area (Å²) in [6, 6.07) is 27.2. The van der Waals surface area contributed by atoms with Crippen LogP contribution in [0, 0.1) is 0 Å². The second-order valence-electron chi connectivity index (χ2n) is 7.20. The predicted molar refractivity (Wildman–Crippen MR) is 129 cm³/mol. The van der Waals surface area contributed by atoms with Gasteiger partial charge in [-0.2, -0.15) is 0 Å². The molecule has 0 aliphatic heterocycles. The summed E-state index contributed by atoms with van der Waals surface area (Å²) in [6.45, 7) is 1.89. The Hall–Kier alpha value is -3.58. The number of hydrogen-bond acceptors (Lipinski definition) is 5. The van der Waals surface area contributed by atoms with Crippen LogP contribution in [0.4, 0.5) is 5.69 Å². The van der Waals surface area contributed by atoms with E-state index in [0.717, 1.165) is 22.7 Å². The van der Waals surface area contributed by atoms with Crippen molar-refractivity contribution in [3.05, 3.63) is 84.9 Å². The van der Waals surface area contributed by atoms with Gasteiger partial charge in [0.15, 0.2) is 11.0 Å². The molecule has 0 bridgehead atoms. The Kier molecular flexibility index (Phi) is 6.56. The molecule has 162 valence electrons. The third kappa shape index (κ3) is 4.53. The zero-order valence-electron chi connectivity index (χ0n) is 18.2. The van der Waals surface area contributed by atoms with Gasteiger partial charge in [0.05, 0.1) is 12.4 Å². The van der Waals surface area contributed by atoms with Crippen molar-refractivity contribution in [2.75, 3.05) is 19.1 Å². The highest BCUT2D eigenvalue weighted by Crippen LogP contribution is 2.32. The summed E-state index contributed by atoms with van der Waals surface area (Å²) in [5, 5.41) is 9.20. The summed E-state index contributed by atoms with van der Waals surface area (Å²) in [5.41, 5.74) is 2.66. The lowest BCUT2D eigenvalue weighted by atomic mass is 10.2. The molecule has 1 atom stereocenters. The van der Waals surface area contributed by atoms with Crippen LogP contribution in [0.5, 0.6) is 5.75 Å². The van der Waals surface area contributed by atoms with Gasteiger partial charge in [0, 0.05) is 24.0 Å². The number of para-hydroxylation sites is 2. The van der Waals surface area contributed by atoms with Gasteiger partial charge < -0.3 is 9.64 Å². The number of ether oxygens (including phenoxy) is 1. The van der Waals surface area contributed by atoms with Crippen molar-refractivity contribution in [2.45, 2.75) is 17.3 Å². The Bertz CT molecular complexity index is 1200. The first-order valence-corrected chi connectivity index (χ1v) is 11.1. The molecule has 0 saturated carbocycles. The summed E-state index contributed by atoms with van der Waals surface area (Å²) >= 11 is 1.39. The van der Waals surface area contributed by atoms with E-state index in [-0.39, 0.29) is 11.2 Å². The number of methoxy groups -OCH3 is 1. The van der Waals surface area contributed by atoms with Crippen LogP contribution in [0.25, 0.3) is 17.1 Å². The lowest BCUT2D eigenvalue weighted by Crippen LogP contribution is -2.33. The van der Waals surface area contributed by atoms with Gasteiger partial charge in [0.2, 0.25) is 5.91 Å². The number of anilines is 1. The fraction of sp³-hybridized carbons (Fsp3) is 0.160. The maximum absolute atomic E-state index is 13.1. The van der Waals surface area contributed by atoms with E-state index in [1.54, 1.807) is 19.1 Å². The number of aromatic nitrogens is 3. The van der Waals surface area contributed by atoms with Crippen molar-refractivity contribution in [1.82, 2.24) is 14.8 Å². The lowest BCUT2D eigenvalue weighted by Gasteiger charge is -2.21. The molecule has 4 rings (SSSR count). The third-order valence-corrected chi connectivity index (χ3v) is 6.11. The fourth-order valence-electron chi connectivity index (χ4n) is 3.37. The molecule has 0 aliphatic rings. The van der Waals surface area contributed by atoms with Crippen molar-refractivity contribution in [3.63, 3.8) is 0 Å². The predicted octanol–water partition coefficient (Wildman–Crippen LogP) is 5.09. The number of hydrogen-bond donors (Lipinski definition) is 0. The molecule has 0 radical (unpaired) electrons. The summed E-state index contributed by atoms with van der Waals surface area (Å²) in [7, 11) is 3.43. The van der Waals surface area contributed by atoms with Gasteiger partial charge in [-0.15, -0.1) is 10.2 Å². The highest BCUT2D eigenvalue weighted by molar-refractivity contribution is 8.00. The van der Waals surface area contributed by atoms with E-state index >= 15 is 0 Å². The quantitative estimate of drug-likeness (QED) is 0.372. The molecule has 1 aromatic heterocycles. The summed E-state index contributed by atoms with van der Waals surface area (Å²) in [6.07, 6.45) is 0. The van der Waals surface area contributed by atoms with Crippen LogP contribution in [0.1, 0.15) is 6.92 Å². The number of rotatable bonds is 7. The minimum Gasteiger partial charge on any atom is -0.497 e. The molecule has 0 spiro atoms. The number of carbonyl (C=O) groups is 1. The van der Waals surface area contributed by atoms with Gasteiger partial charge in [-0.3, -0.25) is 9.36 Å². The maximum Gasteiger partial charge on any atom is 0.240 e. The van der Waals surface area contributed by atoms with Crippen LogP contribution in [0.2, 0.25) is 0 Å². The van der Waals surface area contributed by atoms with Crippen molar-refractivity contribution < 1.29 is 9.53 Å². The van der Waals surface area contributed by atoms with Gasteiger partial charge in [-0.1, -0.05) is 60.3 Å². The normalized spacial score (nSPS) is 11.7. The Labute approximate surface area is 191 Å². The SMILES string of the molecule is COc1cccc(-c2nnc(SC(C)C(=O)N(C)c3ccccc3)n2-c2ccccc2)c1. The molecular formula is C25H24N4O2S. The molecule has 4 aromatic rings. The maximum atomic E-state index is 13.1. The average molecular weight is 445 g/mol. The highest BCUT2D eigenvalue weighted by atomic mass is 32.2. The van der Waals surface area contributed by atoms with Crippen molar-refractivity contribution in [1.29, 1.82) is 0 Å². The van der Waals surface area contributed by atoms with Crippen LogP contribution in [0.3, 0.4) is 0 Å². The highest BCUT2D eigenvalue weighted by Gasteiger charge is 2.24. The molecule has 0 fully saturated rings. The van der Waals surface area contributed by atoms with E-state index < -0.39 is 0 Å². The molecular weight excluding hydrogens is 420 g/mol. The largest absolute Gasteiger partial charge is 0.497 e. The average Bonchev–Trinajstić information content (AvgIpc) is 3.27. The minimum atomic E-state index is -0.356. The zero-order chi connectivity index (χ0) is 22.5. The third-order valence-electron chi connectivity index (χ3n) is 5.08. The van der Waals surface area contributed by atoms with E-state index in [1.165, 1.54) is 11.8 Å². The first-order valence-electron chi connectivity index (χ1n) is 10.2. The monoisotopic (exact) mass is 444 g/mol. The first-order chi connectivity index (χ1) is 15.6. The van der Waals surface area contributed by atoms with Crippen LogP contribution in [-0.4, -0.2) is 40.1 Å². The van der Waals surface area contributed by atoms with Gasteiger partial charge in [-0.05, 0) is 43.3 Å². The zero-order valence-corrected chi connectivity index (χ0v) is 19.0. The Balaban J connectivity index is 1.68. The number of nitrogens with zero attached hydrogens (tertiary/aromatic N) is 4. The molecule has 0 saturated heterocycles. The van der Waals surface area contributed by atoms with Crippen molar-refractivity contribution in [2.24, 2.45) is 0 Å². The van der Waals surface area contributed by atoms with E-state index in [1.807, 2.05) is 96.4 Å². The molecule has 6 nitrogen and oxygen atoms in total. The molecule has 1 heterocycles. The van der Waals surface area contributed by atoms with Gasteiger partial charge in [-0.25, -0.2) is 0 Å². The topological polar surface area (TPSA) is 60.3 Å². The van der Waals surface area contributed by atoms with Crippen LogP contribution < -0.4 is 9.64 Å².